The van der Waals surface area contributed by atoms with Gasteiger partial charge in [0.05, 0.1) is 5.02 Å². The van der Waals surface area contributed by atoms with E-state index < -0.39 is 0 Å². The van der Waals surface area contributed by atoms with Gasteiger partial charge in [0.15, 0.2) is 5.82 Å². The molecule has 2 rings (SSSR count). The minimum atomic E-state index is 0.257. The number of pyridine rings is 1. The van der Waals surface area contributed by atoms with Crippen LogP contribution in [0.3, 0.4) is 0 Å². The Labute approximate surface area is 121 Å². The van der Waals surface area contributed by atoms with Crippen LogP contribution in [-0.4, -0.2) is 4.98 Å². The van der Waals surface area contributed by atoms with Gasteiger partial charge in [-0.05, 0) is 37.1 Å². The number of ether oxygens (including phenoxy) is 1. The molecule has 6 heteroatoms. The highest BCUT2D eigenvalue weighted by molar-refractivity contribution is 6.36. The first-order valence-electron chi connectivity index (χ1n) is 5.59. The quantitative estimate of drug-likeness (QED) is 0.662. The molecule has 1 heterocycles. The van der Waals surface area contributed by atoms with Crippen molar-refractivity contribution in [2.24, 2.45) is 5.84 Å². The number of hydrogen-bond donors (Lipinski definition) is 2. The summed E-state index contributed by atoms with van der Waals surface area (Å²) in [6.45, 7) is 3.97. The fraction of sp³-hybridized carbons (Fsp3) is 0.154. The van der Waals surface area contributed by atoms with Crippen molar-refractivity contribution in [1.29, 1.82) is 0 Å². The van der Waals surface area contributed by atoms with Crippen molar-refractivity contribution in [1.82, 2.24) is 4.98 Å². The van der Waals surface area contributed by atoms with Gasteiger partial charge in [0.25, 0.3) is 0 Å². The molecule has 19 heavy (non-hydrogen) atoms. The van der Waals surface area contributed by atoms with Crippen LogP contribution in [0.1, 0.15) is 11.1 Å². The van der Waals surface area contributed by atoms with Gasteiger partial charge in [-0.3, -0.25) is 0 Å². The van der Waals surface area contributed by atoms with Crippen LogP contribution in [0.2, 0.25) is 10.0 Å². The summed E-state index contributed by atoms with van der Waals surface area (Å²) in [5, 5.41) is 0.658. The summed E-state index contributed by atoms with van der Waals surface area (Å²) >= 11 is 12.0. The van der Waals surface area contributed by atoms with Gasteiger partial charge >= 0.3 is 0 Å². The lowest BCUT2D eigenvalue weighted by atomic mass is 10.1. The molecule has 0 saturated heterocycles. The van der Waals surface area contributed by atoms with Crippen LogP contribution < -0.4 is 16.0 Å². The van der Waals surface area contributed by atoms with Crippen LogP contribution in [0.15, 0.2) is 24.3 Å². The fourth-order valence-electron chi connectivity index (χ4n) is 1.56. The van der Waals surface area contributed by atoms with Gasteiger partial charge in [0, 0.05) is 0 Å². The van der Waals surface area contributed by atoms with E-state index >= 15 is 0 Å². The molecule has 0 atom stereocenters. The number of aryl methyl sites for hydroxylation is 1. The normalized spacial score (nSPS) is 10.4. The molecular weight excluding hydrogens is 285 g/mol. The number of nitrogens with zero attached hydrogens (tertiary/aromatic N) is 1. The lowest BCUT2D eigenvalue weighted by Crippen LogP contribution is -2.09. The molecular formula is C13H13Cl2N3O. The van der Waals surface area contributed by atoms with Crippen molar-refractivity contribution >= 4 is 29.0 Å². The van der Waals surface area contributed by atoms with Gasteiger partial charge in [-0.15, -0.1) is 0 Å². The average Bonchev–Trinajstić information content (AvgIpc) is 2.38. The van der Waals surface area contributed by atoms with Crippen molar-refractivity contribution in [3.8, 4) is 11.6 Å². The summed E-state index contributed by atoms with van der Waals surface area (Å²) in [4.78, 5) is 4.13. The summed E-state index contributed by atoms with van der Waals surface area (Å²) in [6, 6.07) is 7.30. The highest BCUT2D eigenvalue weighted by Gasteiger charge is 2.12. The zero-order chi connectivity index (χ0) is 14.0. The van der Waals surface area contributed by atoms with Gasteiger partial charge < -0.3 is 10.2 Å². The van der Waals surface area contributed by atoms with Crippen LogP contribution in [0.4, 0.5) is 5.82 Å². The molecule has 0 unspecified atom stereocenters. The topological polar surface area (TPSA) is 60.2 Å². The van der Waals surface area contributed by atoms with Crippen molar-refractivity contribution in [2.75, 3.05) is 5.43 Å². The smallest absolute Gasteiger partial charge is 0.240 e. The summed E-state index contributed by atoms with van der Waals surface area (Å²) in [7, 11) is 0. The molecule has 3 N–H and O–H groups in total. The minimum absolute atomic E-state index is 0.257. The third kappa shape index (κ3) is 2.92. The van der Waals surface area contributed by atoms with Crippen LogP contribution >= 0.6 is 23.2 Å². The molecule has 0 aliphatic heterocycles. The number of anilines is 1. The third-order valence-corrected chi connectivity index (χ3v) is 3.35. The Morgan fingerprint density at radius 1 is 1.21 bits per heavy atom. The first kappa shape index (κ1) is 13.9. The van der Waals surface area contributed by atoms with Gasteiger partial charge in [-0.25, -0.2) is 5.84 Å². The second-order valence-electron chi connectivity index (χ2n) is 4.05. The van der Waals surface area contributed by atoms with Crippen molar-refractivity contribution < 1.29 is 4.74 Å². The fourth-order valence-corrected chi connectivity index (χ4v) is 2.01. The predicted octanol–water partition coefficient (Wildman–Crippen LogP) is 4.08. The summed E-state index contributed by atoms with van der Waals surface area (Å²) < 4.78 is 5.72. The third-order valence-electron chi connectivity index (χ3n) is 2.80. The van der Waals surface area contributed by atoms with E-state index in [2.05, 4.69) is 10.4 Å². The molecule has 0 bridgehead atoms. The maximum absolute atomic E-state index is 6.06. The molecule has 0 amide bonds. The molecule has 100 valence electrons. The van der Waals surface area contributed by atoms with Crippen LogP contribution in [0, 0.1) is 13.8 Å². The number of nitrogens with one attached hydrogen (secondary N) is 1. The van der Waals surface area contributed by atoms with E-state index in [1.54, 1.807) is 0 Å². The van der Waals surface area contributed by atoms with E-state index in [4.69, 9.17) is 33.8 Å². The Hall–Kier alpha value is -1.49. The molecule has 0 spiro atoms. The van der Waals surface area contributed by atoms with Crippen LogP contribution in [-0.2, 0) is 0 Å². The van der Waals surface area contributed by atoms with E-state index in [-0.39, 0.29) is 5.88 Å². The van der Waals surface area contributed by atoms with E-state index in [1.165, 1.54) is 6.07 Å². The highest BCUT2D eigenvalue weighted by atomic mass is 35.5. The molecule has 0 aliphatic rings. The zero-order valence-electron chi connectivity index (χ0n) is 10.5. The molecule has 1 aromatic carbocycles. The molecule has 2 aromatic rings. The van der Waals surface area contributed by atoms with Crippen molar-refractivity contribution in [3.05, 3.63) is 45.4 Å². The van der Waals surface area contributed by atoms with Gasteiger partial charge in [0.2, 0.25) is 5.88 Å². The number of rotatable bonds is 3. The molecule has 0 radical (unpaired) electrons. The summed E-state index contributed by atoms with van der Waals surface area (Å²) in [5.74, 6) is 6.58. The predicted molar refractivity (Wildman–Crippen MR) is 78.1 cm³/mol. The van der Waals surface area contributed by atoms with E-state index in [9.17, 15) is 0 Å². The Bertz CT molecular complexity index is 617. The Morgan fingerprint density at radius 3 is 2.63 bits per heavy atom. The monoisotopic (exact) mass is 297 g/mol. The number of hydrogen-bond acceptors (Lipinski definition) is 4. The first-order valence-corrected chi connectivity index (χ1v) is 6.35. The molecule has 0 aliphatic carbocycles. The highest BCUT2D eigenvalue weighted by Crippen LogP contribution is 2.34. The Balaban J connectivity index is 2.41. The molecule has 1 aromatic heterocycles. The minimum Gasteiger partial charge on any atom is -0.437 e. The SMILES string of the molecule is Cc1cccc(Oc2nc(NN)c(Cl)cc2Cl)c1C. The lowest BCUT2D eigenvalue weighted by molar-refractivity contribution is 0.460. The summed E-state index contributed by atoms with van der Waals surface area (Å²) in [6.07, 6.45) is 0. The molecule has 0 saturated carbocycles. The van der Waals surface area contributed by atoms with Crippen LogP contribution in [0.25, 0.3) is 0 Å². The Kier molecular flexibility index (Phi) is 4.14. The maximum atomic E-state index is 6.06. The largest absolute Gasteiger partial charge is 0.437 e. The molecule has 0 fully saturated rings. The van der Waals surface area contributed by atoms with Gasteiger partial charge in [0.1, 0.15) is 10.8 Å². The second-order valence-corrected chi connectivity index (χ2v) is 4.86. The maximum Gasteiger partial charge on any atom is 0.240 e. The van der Waals surface area contributed by atoms with E-state index in [1.807, 2.05) is 32.0 Å². The van der Waals surface area contributed by atoms with Crippen molar-refractivity contribution in [2.45, 2.75) is 13.8 Å². The van der Waals surface area contributed by atoms with E-state index in [0.29, 0.717) is 21.6 Å². The number of nitrogens with two attached hydrogens (primary N) is 1. The number of benzene rings is 1. The number of hydrazine groups is 1. The average molecular weight is 298 g/mol. The lowest BCUT2D eigenvalue weighted by Gasteiger charge is -2.12. The molecule has 4 nitrogen and oxygen atoms in total. The second kappa shape index (κ2) is 5.65. The van der Waals surface area contributed by atoms with Gasteiger partial charge in [-0.1, -0.05) is 35.3 Å². The Morgan fingerprint density at radius 2 is 1.95 bits per heavy atom. The number of halogens is 2. The number of nitrogen functional groups attached to an aromatic ring is 1. The first-order chi connectivity index (χ1) is 9.02. The zero-order valence-corrected chi connectivity index (χ0v) is 12.0. The van der Waals surface area contributed by atoms with Crippen LogP contribution in [0.5, 0.6) is 11.6 Å². The standard InChI is InChI=1S/C13H13Cl2N3O/c1-7-4-3-5-11(8(7)2)19-13-10(15)6-9(14)12(17-13)18-16/h3-6H,16H2,1-2H3,(H,17,18). The van der Waals surface area contributed by atoms with E-state index in [0.717, 1.165) is 11.1 Å². The summed E-state index contributed by atoms with van der Waals surface area (Å²) in [5.41, 5.74) is 4.54. The number of aromatic nitrogens is 1. The van der Waals surface area contributed by atoms with Crippen molar-refractivity contribution in [3.63, 3.8) is 0 Å². The van der Waals surface area contributed by atoms with Gasteiger partial charge in [-0.2, -0.15) is 4.98 Å².